The molecule has 4 rings (SSSR count). The van der Waals surface area contributed by atoms with E-state index in [1.807, 2.05) is 66.7 Å². The third kappa shape index (κ3) is 4.51. The lowest BCUT2D eigenvalue weighted by Crippen LogP contribution is -2.38. The zero-order valence-electron chi connectivity index (χ0n) is 16.9. The third-order valence-corrected chi connectivity index (χ3v) is 5.30. The molecule has 0 aromatic heterocycles. The number of nitrogens with zero attached hydrogens (tertiary/aromatic N) is 1. The minimum Gasteiger partial charge on any atom is -0.497 e. The van der Waals surface area contributed by atoms with Crippen molar-refractivity contribution in [3.8, 4) is 16.9 Å². The van der Waals surface area contributed by atoms with Crippen LogP contribution in [-0.4, -0.2) is 31.5 Å². The summed E-state index contributed by atoms with van der Waals surface area (Å²) >= 11 is 0. The molecule has 1 N–H and O–H groups in total. The summed E-state index contributed by atoms with van der Waals surface area (Å²) in [6.45, 7) is 0.476. The van der Waals surface area contributed by atoms with E-state index in [1.54, 1.807) is 12.0 Å². The van der Waals surface area contributed by atoms with Gasteiger partial charge in [0.25, 0.3) is 0 Å². The number of nitrogens with one attached hydrogen (secondary N) is 1. The molecule has 1 aliphatic heterocycles. The molecule has 0 spiro atoms. The van der Waals surface area contributed by atoms with Gasteiger partial charge in [0.15, 0.2) is 0 Å². The minimum atomic E-state index is -0.185. The van der Waals surface area contributed by atoms with E-state index in [2.05, 4.69) is 17.4 Å². The first-order valence-corrected chi connectivity index (χ1v) is 10.0. The van der Waals surface area contributed by atoms with Crippen molar-refractivity contribution in [2.75, 3.05) is 18.6 Å². The van der Waals surface area contributed by atoms with Crippen LogP contribution in [-0.2, 0) is 16.0 Å². The number of amides is 2. The molecule has 5 nitrogen and oxygen atoms in total. The van der Waals surface area contributed by atoms with E-state index >= 15 is 0 Å². The third-order valence-electron chi connectivity index (χ3n) is 5.30. The maximum Gasteiger partial charge on any atom is 0.229 e. The fraction of sp³-hybridized carbons (Fsp3) is 0.200. The molecule has 1 atom stereocenters. The van der Waals surface area contributed by atoms with Crippen LogP contribution in [0, 0.1) is 0 Å². The summed E-state index contributed by atoms with van der Waals surface area (Å²) in [5.74, 6) is 0.683. The number of rotatable bonds is 6. The average Bonchev–Trinajstić information content (AvgIpc) is 3.14. The molecular weight excluding hydrogens is 376 g/mol. The van der Waals surface area contributed by atoms with Gasteiger partial charge in [-0.3, -0.25) is 9.59 Å². The smallest absolute Gasteiger partial charge is 0.229 e. The zero-order chi connectivity index (χ0) is 20.9. The number of benzene rings is 3. The number of anilines is 1. The van der Waals surface area contributed by atoms with Gasteiger partial charge in [0.2, 0.25) is 11.8 Å². The Morgan fingerprint density at radius 1 is 0.967 bits per heavy atom. The second-order valence-electron chi connectivity index (χ2n) is 7.41. The molecule has 3 aromatic carbocycles. The number of ether oxygens (including phenoxy) is 1. The van der Waals surface area contributed by atoms with Crippen LogP contribution in [0.2, 0.25) is 0 Å². The first-order valence-electron chi connectivity index (χ1n) is 10.0. The van der Waals surface area contributed by atoms with Crippen LogP contribution in [0.4, 0.5) is 5.69 Å². The SMILES string of the molecule is COc1ccc(N2C[C@H](NC(=O)Cc3ccc(-c4ccccc4)cc3)CC2=O)cc1. The Labute approximate surface area is 176 Å². The number of hydrogen-bond acceptors (Lipinski definition) is 3. The van der Waals surface area contributed by atoms with Crippen LogP contribution in [0.1, 0.15) is 12.0 Å². The Morgan fingerprint density at radius 3 is 2.30 bits per heavy atom. The highest BCUT2D eigenvalue weighted by Gasteiger charge is 2.31. The van der Waals surface area contributed by atoms with Crippen molar-refractivity contribution in [3.63, 3.8) is 0 Å². The van der Waals surface area contributed by atoms with Crippen molar-refractivity contribution in [1.29, 1.82) is 0 Å². The predicted molar refractivity (Wildman–Crippen MR) is 117 cm³/mol. The van der Waals surface area contributed by atoms with E-state index in [-0.39, 0.29) is 17.9 Å². The number of methoxy groups -OCH3 is 1. The predicted octanol–water partition coefficient (Wildman–Crippen LogP) is 3.83. The van der Waals surface area contributed by atoms with Crippen LogP contribution >= 0.6 is 0 Å². The molecule has 0 unspecified atom stereocenters. The Morgan fingerprint density at radius 2 is 1.63 bits per heavy atom. The van der Waals surface area contributed by atoms with Gasteiger partial charge in [0, 0.05) is 18.7 Å². The van der Waals surface area contributed by atoms with Crippen LogP contribution in [0.5, 0.6) is 5.75 Å². The maximum atomic E-state index is 12.5. The summed E-state index contributed by atoms with van der Waals surface area (Å²) in [6, 6.07) is 25.3. The van der Waals surface area contributed by atoms with Crippen LogP contribution in [0.3, 0.4) is 0 Å². The lowest BCUT2D eigenvalue weighted by molar-refractivity contribution is -0.121. The van der Waals surface area contributed by atoms with Crippen LogP contribution in [0.25, 0.3) is 11.1 Å². The molecule has 1 heterocycles. The maximum absolute atomic E-state index is 12.5. The summed E-state index contributed by atoms with van der Waals surface area (Å²) in [7, 11) is 1.61. The van der Waals surface area contributed by atoms with Crippen LogP contribution < -0.4 is 15.0 Å². The summed E-state index contributed by atoms with van der Waals surface area (Å²) in [5.41, 5.74) is 4.03. The highest BCUT2D eigenvalue weighted by Crippen LogP contribution is 2.24. The van der Waals surface area contributed by atoms with Crippen molar-refractivity contribution in [3.05, 3.63) is 84.4 Å². The van der Waals surface area contributed by atoms with Crippen molar-refractivity contribution < 1.29 is 14.3 Å². The molecule has 3 aromatic rings. The lowest BCUT2D eigenvalue weighted by Gasteiger charge is -2.17. The first-order chi connectivity index (χ1) is 14.6. The van der Waals surface area contributed by atoms with Crippen molar-refractivity contribution in [2.24, 2.45) is 0 Å². The van der Waals surface area contributed by atoms with Gasteiger partial charge in [-0.25, -0.2) is 0 Å². The molecule has 152 valence electrons. The molecule has 0 bridgehead atoms. The van der Waals surface area contributed by atoms with Gasteiger partial charge in [-0.15, -0.1) is 0 Å². The van der Waals surface area contributed by atoms with E-state index in [0.717, 1.165) is 28.1 Å². The van der Waals surface area contributed by atoms with E-state index in [4.69, 9.17) is 4.74 Å². The Bertz CT molecular complexity index is 1010. The molecule has 5 heteroatoms. The molecular formula is C25H24N2O3. The topological polar surface area (TPSA) is 58.6 Å². The summed E-state index contributed by atoms with van der Waals surface area (Å²) < 4.78 is 5.16. The van der Waals surface area contributed by atoms with E-state index in [9.17, 15) is 9.59 Å². The lowest BCUT2D eigenvalue weighted by atomic mass is 10.0. The molecule has 30 heavy (non-hydrogen) atoms. The second kappa shape index (κ2) is 8.82. The monoisotopic (exact) mass is 400 g/mol. The summed E-state index contributed by atoms with van der Waals surface area (Å²) in [6.07, 6.45) is 0.604. The van der Waals surface area contributed by atoms with E-state index in [0.29, 0.717) is 19.4 Å². The standard InChI is InChI=1S/C25H24N2O3/c1-30-23-13-11-22(12-14-23)27-17-21(16-25(27)29)26-24(28)15-18-7-9-20(10-8-18)19-5-3-2-4-6-19/h2-14,21H,15-17H2,1H3,(H,26,28)/t21-/m1/s1. The van der Waals surface area contributed by atoms with Gasteiger partial charge >= 0.3 is 0 Å². The minimum absolute atomic E-state index is 0.0117. The average molecular weight is 400 g/mol. The van der Waals surface area contributed by atoms with Gasteiger partial charge in [-0.05, 0) is 41.0 Å². The highest BCUT2D eigenvalue weighted by atomic mass is 16.5. The number of carbonyl (C=O) groups is 2. The molecule has 1 fully saturated rings. The van der Waals surface area contributed by atoms with Crippen molar-refractivity contribution >= 4 is 17.5 Å². The first kappa shape index (κ1) is 19.7. The van der Waals surface area contributed by atoms with Gasteiger partial charge in [0.1, 0.15) is 5.75 Å². The van der Waals surface area contributed by atoms with Gasteiger partial charge < -0.3 is 15.0 Å². The van der Waals surface area contributed by atoms with Gasteiger partial charge in [-0.1, -0.05) is 54.6 Å². The second-order valence-corrected chi connectivity index (χ2v) is 7.41. The van der Waals surface area contributed by atoms with Gasteiger partial charge in [-0.2, -0.15) is 0 Å². The molecule has 0 saturated carbocycles. The fourth-order valence-corrected chi connectivity index (χ4v) is 3.73. The fourth-order valence-electron chi connectivity index (χ4n) is 3.73. The van der Waals surface area contributed by atoms with E-state index in [1.165, 1.54) is 0 Å². The van der Waals surface area contributed by atoms with Crippen LogP contribution in [0.15, 0.2) is 78.9 Å². The summed E-state index contributed by atoms with van der Waals surface area (Å²) in [5, 5.41) is 3.00. The Balaban J connectivity index is 1.33. The summed E-state index contributed by atoms with van der Waals surface area (Å²) in [4.78, 5) is 26.6. The van der Waals surface area contributed by atoms with Crippen molar-refractivity contribution in [2.45, 2.75) is 18.9 Å². The Hall–Kier alpha value is -3.60. The largest absolute Gasteiger partial charge is 0.497 e. The normalized spacial score (nSPS) is 15.8. The number of carbonyl (C=O) groups excluding carboxylic acids is 2. The van der Waals surface area contributed by atoms with Crippen molar-refractivity contribution in [1.82, 2.24) is 5.32 Å². The molecule has 1 saturated heterocycles. The Kier molecular flexibility index (Phi) is 5.80. The highest BCUT2D eigenvalue weighted by molar-refractivity contribution is 5.97. The van der Waals surface area contributed by atoms with Gasteiger partial charge in [0.05, 0.1) is 19.6 Å². The molecule has 2 amide bonds. The molecule has 0 radical (unpaired) electrons. The number of hydrogen-bond donors (Lipinski definition) is 1. The zero-order valence-corrected chi connectivity index (χ0v) is 16.9. The molecule has 1 aliphatic rings. The quantitative estimate of drug-likeness (QED) is 0.684. The van der Waals surface area contributed by atoms with E-state index < -0.39 is 0 Å². The molecule has 0 aliphatic carbocycles.